The van der Waals surface area contributed by atoms with Crippen LogP contribution in [0.2, 0.25) is 0 Å². The number of fused-ring (bicyclic) bond motifs is 3. The first-order chi connectivity index (χ1) is 21.5. The van der Waals surface area contributed by atoms with Crippen molar-refractivity contribution in [1.82, 2.24) is 19.9 Å². The summed E-state index contributed by atoms with van der Waals surface area (Å²) in [4.78, 5) is 18.0. The minimum Gasteiger partial charge on any atom is -0.354 e. The molecular weight excluding hydrogens is 548 g/mol. The van der Waals surface area contributed by atoms with E-state index in [0.29, 0.717) is 11.6 Å². The van der Waals surface area contributed by atoms with E-state index < -0.39 is 0 Å². The van der Waals surface area contributed by atoms with E-state index in [0.717, 1.165) is 49.8 Å². The van der Waals surface area contributed by atoms with E-state index >= 15 is 0 Å². The molecule has 0 spiro atoms. The summed E-state index contributed by atoms with van der Waals surface area (Å²) in [5.41, 5.74) is 11.4. The molecule has 0 saturated carbocycles. The van der Waals surface area contributed by atoms with Crippen LogP contribution in [0.3, 0.4) is 0 Å². The van der Waals surface area contributed by atoms with E-state index in [1.165, 1.54) is 16.5 Å². The van der Waals surface area contributed by atoms with Crippen LogP contribution in [0, 0.1) is 0 Å². The summed E-state index contributed by atoms with van der Waals surface area (Å²) in [5.74, 6) is 1.29. The van der Waals surface area contributed by atoms with Gasteiger partial charge in [-0.05, 0) is 74.5 Å². The van der Waals surface area contributed by atoms with E-state index in [-0.39, 0.29) is 10.8 Å². The number of benzene rings is 5. The molecule has 222 valence electrons. The van der Waals surface area contributed by atoms with Crippen molar-refractivity contribution >= 4 is 21.8 Å². The molecule has 0 aliphatic heterocycles. The standard InChI is InChI=1S/C41H38N4/c1-40(2,3)31-18-14-26(15-19-31)28-22-29(27-16-20-32(21-17-27)41(4,5)6)24-30(23-28)38-42-25-43-39(45-38)35-12-9-11-34-33-10-7-8-13-36(33)44-37(34)35/h7-25,44H,1-6H3. The van der Waals surface area contributed by atoms with Gasteiger partial charge in [-0.1, -0.05) is 120 Å². The van der Waals surface area contributed by atoms with Crippen molar-refractivity contribution in [3.8, 4) is 45.0 Å². The molecule has 0 radical (unpaired) electrons. The van der Waals surface area contributed by atoms with E-state index in [2.05, 4.69) is 166 Å². The van der Waals surface area contributed by atoms with E-state index in [1.807, 2.05) is 0 Å². The number of nitrogens with one attached hydrogen (secondary N) is 1. The lowest BCUT2D eigenvalue weighted by Crippen LogP contribution is -2.10. The quantitative estimate of drug-likeness (QED) is 0.223. The highest BCUT2D eigenvalue weighted by Gasteiger charge is 2.17. The molecule has 7 rings (SSSR count). The van der Waals surface area contributed by atoms with E-state index in [1.54, 1.807) is 6.33 Å². The van der Waals surface area contributed by atoms with Crippen LogP contribution >= 0.6 is 0 Å². The highest BCUT2D eigenvalue weighted by atomic mass is 15.0. The van der Waals surface area contributed by atoms with Crippen LogP contribution in [0.25, 0.3) is 66.8 Å². The van der Waals surface area contributed by atoms with Crippen LogP contribution in [0.4, 0.5) is 0 Å². The normalized spacial score (nSPS) is 12.2. The summed E-state index contributed by atoms with van der Waals surface area (Å²) in [5, 5.41) is 2.35. The van der Waals surface area contributed by atoms with Crippen molar-refractivity contribution < 1.29 is 0 Å². The average molecular weight is 587 g/mol. The number of para-hydroxylation sites is 2. The van der Waals surface area contributed by atoms with Gasteiger partial charge in [0.1, 0.15) is 6.33 Å². The molecule has 0 unspecified atom stereocenters. The summed E-state index contributed by atoms with van der Waals surface area (Å²) < 4.78 is 0. The molecule has 0 atom stereocenters. The second-order valence-corrected chi connectivity index (χ2v) is 14.0. The van der Waals surface area contributed by atoms with Gasteiger partial charge in [-0.25, -0.2) is 15.0 Å². The highest BCUT2D eigenvalue weighted by molar-refractivity contribution is 6.11. The lowest BCUT2D eigenvalue weighted by Gasteiger charge is -2.20. The van der Waals surface area contributed by atoms with E-state index in [9.17, 15) is 0 Å². The molecule has 0 saturated heterocycles. The van der Waals surface area contributed by atoms with Gasteiger partial charge >= 0.3 is 0 Å². The first-order valence-corrected chi connectivity index (χ1v) is 15.6. The number of H-pyrrole nitrogens is 1. The minimum absolute atomic E-state index is 0.0927. The fraction of sp³-hybridized carbons (Fsp3) is 0.195. The Balaban J connectivity index is 1.36. The second kappa shape index (κ2) is 10.8. The number of aromatic nitrogens is 4. The van der Waals surface area contributed by atoms with Crippen molar-refractivity contribution in [3.05, 3.63) is 127 Å². The highest BCUT2D eigenvalue weighted by Crippen LogP contribution is 2.36. The largest absolute Gasteiger partial charge is 0.354 e. The topological polar surface area (TPSA) is 54.5 Å². The molecule has 2 aromatic heterocycles. The lowest BCUT2D eigenvalue weighted by molar-refractivity contribution is 0.590. The number of rotatable bonds is 4. The van der Waals surface area contributed by atoms with Crippen LogP contribution in [0.1, 0.15) is 52.7 Å². The Bertz CT molecular complexity index is 2080. The molecule has 4 heteroatoms. The van der Waals surface area contributed by atoms with Gasteiger partial charge in [0, 0.05) is 27.4 Å². The maximum Gasteiger partial charge on any atom is 0.165 e. The smallest absolute Gasteiger partial charge is 0.165 e. The molecule has 4 nitrogen and oxygen atoms in total. The third kappa shape index (κ3) is 5.53. The average Bonchev–Trinajstić information content (AvgIpc) is 3.43. The third-order valence-corrected chi connectivity index (χ3v) is 8.71. The first kappa shape index (κ1) is 28.7. The van der Waals surface area contributed by atoms with Crippen LogP contribution in [0.5, 0.6) is 0 Å². The van der Waals surface area contributed by atoms with Crippen LogP contribution in [0.15, 0.2) is 116 Å². The number of nitrogens with zero attached hydrogens (tertiary/aromatic N) is 3. The predicted molar refractivity (Wildman–Crippen MR) is 188 cm³/mol. The number of hydrogen-bond acceptors (Lipinski definition) is 3. The predicted octanol–water partition coefficient (Wildman–Crippen LogP) is 10.8. The summed E-state index contributed by atoms with van der Waals surface area (Å²) >= 11 is 0. The molecule has 2 heterocycles. The summed E-state index contributed by atoms with van der Waals surface area (Å²) in [6.45, 7) is 13.5. The van der Waals surface area contributed by atoms with Crippen molar-refractivity contribution in [3.63, 3.8) is 0 Å². The van der Waals surface area contributed by atoms with Crippen molar-refractivity contribution in [2.75, 3.05) is 0 Å². The lowest BCUT2D eigenvalue weighted by atomic mass is 9.85. The monoisotopic (exact) mass is 586 g/mol. The zero-order chi connectivity index (χ0) is 31.3. The van der Waals surface area contributed by atoms with Gasteiger partial charge in [0.05, 0.1) is 5.52 Å². The van der Waals surface area contributed by atoms with Crippen molar-refractivity contribution in [2.24, 2.45) is 0 Å². The van der Waals surface area contributed by atoms with Crippen LogP contribution in [-0.4, -0.2) is 19.9 Å². The molecule has 45 heavy (non-hydrogen) atoms. The Morgan fingerprint density at radius 3 is 1.62 bits per heavy atom. The van der Waals surface area contributed by atoms with Gasteiger partial charge in [-0.2, -0.15) is 0 Å². The zero-order valence-electron chi connectivity index (χ0n) is 26.8. The maximum atomic E-state index is 5.05. The number of hydrogen-bond donors (Lipinski definition) is 1. The zero-order valence-corrected chi connectivity index (χ0v) is 26.8. The first-order valence-electron chi connectivity index (χ1n) is 15.6. The minimum atomic E-state index is 0.0927. The van der Waals surface area contributed by atoms with E-state index in [4.69, 9.17) is 4.98 Å². The number of aromatic amines is 1. The Hall–Kier alpha value is -5.09. The van der Waals surface area contributed by atoms with Crippen LogP contribution in [-0.2, 0) is 10.8 Å². The molecule has 0 aliphatic rings. The van der Waals surface area contributed by atoms with Gasteiger partial charge in [-0.3, -0.25) is 0 Å². The maximum absolute atomic E-state index is 5.05. The molecule has 0 fully saturated rings. The fourth-order valence-corrected chi connectivity index (χ4v) is 6.04. The Kier molecular flexibility index (Phi) is 6.89. The molecule has 0 aliphatic carbocycles. The van der Waals surface area contributed by atoms with Gasteiger partial charge in [0.25, 0.3) is 0 Å². The SMILES string of the molecule is CC(C)(C)c1ccc(-c2cc(-c3ccc(C(C)(C)C)cc3)cc(-c3ncnc(-c4cccc5c4[nH]c4ccccc45)n3)c2)cc1. The third-order valence-electron chi connectivity index (χ3n) is 8.71. The Morgan fingerprint density at radius 1 is 0.489 bits per heavy atom. The van der Waals surface area contributed by atoms with Gasteiger partial charge in [-0.15, -0.1) is 0 Å². The summed E-state index contributed by atoms with van der Waals surface area (Å²) in [7, 11) is 0. The van der Waals surface area contributed by atoms with Gasteiger partial charge in [0.2, 0.25) is 0 Å². The molecule has 0 bridgehead atoms. The molecule has 1 N–H and O–H groups in total. The fourth-order valence-electron chi connectivity index (χ4n) is 6.04. The summed E-state index contributed by atoms with van der Waals surface area (Å²) in [6.07, 6.45) is 1.63. The van der Waals surface area contributed by atoms with Gasteiger partial charge in [0.15, 0.2) is 11.6 Å². The summed E-state index contributed by atoms with van der Waals surface area (Å²) in [6, 6.07) is 39.2. The molecule has 5 aromatic carbocycles. The molecule has 0 amide bonds. The second-order valence-electron chi connectivity index (χ2n) is 14.0. The Morgan fingerprint density at radius 2 is 1.02 bits per heavy atom. The molecule has 7 aromatic rings. The Labute approximate surface area is 265 Å². The van der Waals surface area contributed by atoms with Gasteiger partial charge < -0.3 is 4.98 Å². The van der Waals surface area contributed by atoms with Crippen LogP contribution < -0.4 is 0 Å². The van der Waals surface area contributed by atoms with Crippen molar-refractivity contribution in [2.45, 2.75) is 52.4 Å². The van der Waals surface area contributed by atoms with Crippen molar-refractivity contribution in [1.29, 1.82) is 0 Å². The molecular formula is C41H38N4.